The molecule has 103 valence electrons. The second kappa shape index (κ2) is 7.49. The minimum atomic E-state index is 0.567. The van der Waals surface area contributed by atoms with E-state index in [0.29, 0.717) is 12.2 Å². The Hall–Kier alpha value is -2.09. The summed E-state index contributed by atoms with van der Waals surface area (Å²) in [5.41, 5.74) is 2.44. The van der Waals surface area contributed by atoms with E-state index in [4.69, 9.17) is 4.74 Å². The molecule has 0 aliphatic carbocycles. The molecule has 0 aliphatic heterocycles. The molecule has 0 fully saturated rings. The van der Waals surface area contributed by atoms with Gasteiger partial charge in [0.2, 0.25) is 6.29 Å². The van der Waals surface area contributed by atoms with Gasteiger partial charge in [0.15, 0.2) is 0 Å². The van der Waals surface area contributed by atoms with Crippen molar-refractivity contribution < 1.29 is 9.53 Å². The van der Waals surface area contributed by atoms with Crippen molar-refractivity contribution in [3.8, 4) is 16.9 Å². The first-order valence-electron chi connectivity index (χ1n) is 7.05. The Labute approximate surface area is 120 Å². The smallest absolute Gasteiger partial charge is 0.234 e. The molecule has 0 amide bonds. The van der Waals surface area contributed by atoms with Gasteiger partial charge in [0.05, 0.1) is 6.61 Å². The van der Waals surface area contributed by atoms with Crippen molar-refractivity contribution >= 4 is 6.29 Å². The Morgan fingerprint density at radius 3 is 2.55 bits per heavy atom. The van der Waals surface area contributed by atoms with E-state index in [-0.39, 0.29) is 0 Å². The summed E-state index contributed by atoms with van der Waals surface area (Å²) in [5.74, 6) is 0.805. The summed E-state index contributed by atoms with van der Waals surface area (Å²) in [6.45, 7) is 2.88. The van der Waals surface area contributed by atoms with Gasteiger partial charge in [-0.25, -0.2) is 0 Å². The number of hydrogen-bond acceptors (Lipinski definition) is 2. The van der Waals surface area contributed by atoms with Crippen LogP contribution in [0.15, 0.2) is 48.5 Å². The summed E-state index contributed by atoms with van der Waals surface area (Å²) in [5, 5.41) is 0. The van der Waals surface area contributed by atoms with E-state index in [0.717, 1.165) is 23.3 Å². The third kappa shape index (κ3) is 3.70. The molecule has 0 unspecified atom stereocenters. The zero-order valence-electron chi connectivity index (χ0n) is 11.8. The summed E-state index contributed by atoms with van der Waals surface area (Å²) in [6, 6.07) is 15.4. The molecule has 0 N–H and O–H groups in total. The highest BCUT2D eigenvalue weighted by molar-refractivity contribution is 5.88. The first-order valence-corrected chi connectivity index (χ1v) is 7.05. The maximum Gasteiger partial charge on any atom is 0.234 e. The predicted molar refractivity (Wildman–Crippen MR) is 81.7 cm³/mol. The van der Waals surface area contributed by atoms with Crippen LogP contribution in [0.5, 0.6) is 5.75 Å². The van der Waals surface area contributed by atoms with E-state index in [1.54, 1.807) is 6.07 Å². The Bertz CT molecular complexity index is 547. The van der Waals surface area contributed by atoms with Crippen molar-refractivity contribution in [3.05, 3.63) is 54.1 Å². The third-order valence-electron chi connectivity index (χ3n) is 3.20. The Morgan fingerprint density at radius 1 is 1.05 bits per heavy atom. The minimum absolute atomic E-state index is 0.567. The Morgan fingerprint density at radius 2 is 1.85 bits per heavy atom. The van der Waals surface area contributed by atoms with E-state index < -0.39 is 0 Å². The van der Waals surface area contributed by atoms with Crippen molar-refractivity contribution in [1.82, 2.24) is 0 Å². The normalized spacial score (nSPS) is 10.2. The largest absolute Gasteiger partial charge is 0.494 e. The second-order valence-corrected chi connectivity index (χ2v) is 4.73. The first kappa shape index (κ1) is 14.3. The lowest BCUT2D eigenvalue weighted by Gasteiger charge is -2.10. The van der Waals surface area contributed by atoms with Crippen molar-refractivity contribution in [3.63, 3.8) is 0 Å². The minimum Gasteiger partial charge on any atom is -0.494 e. The molecule has 0 saturated carbocycles. The van der Waals surface area contributed by atoms with Crippen molar-refractivity contribution in [2.75, 3.05) is 6.61 Å². The van der Waals surface area contributed by atoms with Crippen LogP contribution < -0.4 is 4.74 Å². The fourth-order valence-corrected chi connectivity index (χ4v) is 2.10. The number of hydrogen-bond donors (Lipinski definition) is 0. The SMILES string of the molecule is CCCCCOc1ccc([C]=O)c(-c2ccccc2)c1. The van der Waals surface area contributed by atoms with E-state index in [9.17, 15) is 4.79 Å². The number of carbonyl (C=O) groups excluding carboxylic acids is 1. The number of ether oxygens (including phenoxy) is 1. The topological polar surface area (TPSA) is 26.3 Å². The average molecular weight is 267 g/mol. The van der Waals surface area contributed by atoms with Crippen LogP contribution in [0.2, 0.25) is 0 Å². The molecule has 0 bridgehead atoms. The van der Waals surface area contributed by atoms with Crippen LogP contribution in [-0.4, -0.2) is 12.9 Å². The van der Waals surface area contributed by atoms with Gasteiger partial charge in [0, 0.05) is 5.56 Å². The molecule has 0 saturated heterocycles. The van der Waals surface area contributed by atoms with Crippen LogP contribution in [-0.2, 0) is 4.79 Å². The van der Waals surface area contributed by atoms with Gasteiger partial charge in [-0.05, 0) is 35.7 Å². The summed E-state index contributed by atoms with van der Waals surface area (Å²) in [6.07, 6.45) is 5.40. The molecule has 2 aromatic rings. The first-order chi connectivity index (χ1) is 9.85. The Balaban J connectivity index is 2.19. The van der Waals surface area contributed by atoms with Gasteiger partial charge in [0.25, 0.3) is 0 Å². The highest BCUT2D eigenvalue weighted by Crippen LogP contribution is 2.27. The van der Waals surface area contributed by atoms with Crippen molar-refractivity contribution in [1.29, 1.82) is 0 Å². The second-order valence-electron chi connectivity index (χ2n) is 4.73. The molecular weight excluding hydrogens is 248 g/mol. The van der Waals surface area contributed by atoms with Gasteiger partial charge in [-0.2, -0.15) is 0 Å². The molecule has 0 spiro atoms. The van der Waals surface area contributed by atoms with Crippen LogP contribution in [0.25, 0.3) is 11.1 Å². The number of unbranched alkanes of at least 4 members (excludes halogenated alkanes) is 2. The molecule has 2 aromatic carbocycles. The van der Waals surface area contributed by atoms with Gasteiger partial charge in [-0.15, -0.1) is 0 Å². The van der Waals surface area contributed by atoms with Crippen LogP contribution in [0.4, 0.5) is 0 Å². The fourth-order valence-electron chi connectivity index (χ4n) is 2.10. The summed E-state index contributed by atoms with van der Waals surface area (Å²) in [7, 11) is 0. The van der Waals surface area contributed by atoms with Gasteiger partial charge < -0.3 is 4.74 Å². The summed E-state index contributed by atoms with van der Waals surface area (Å²) in [4.78, 5) is 11.0. The van der Waals surface area contributed by atoms with Gasteiger partial charge >= 0.3 is 0 Å². The maximum absolute atomic E-state index is 11.0. The van der Waals surface area contributed by atoms with Crippen molar-refractivity contribution in [2.24, 2.45) is 0 Å². The fraction of sp³-hybridized carbons (Fsp3) is 0.278. The molecular formula is C18H19O2. The molecule has 0 atom stereocenters. The molecule has 20 heavy (non-hydrogen) atoms. The lowest BCUT2D eigenvalue weighted by molar-refractivity contribution is 0.306. The average Bonchev–Trinajstić information content (AvgIpc) is 2.52. The van der Waals surface area contributed by atoms with Crippen LogP contribution in [0, 0.1) is 0 Å². The Kier molecular flexibility index (Phi) is 5.36. The monoisotopic (exact) mass is 267 g/mol. The lowest BCUT2D eigenvalue weighted by atomic mass is 10.0. The van der Waals surface area contributed by atoms with E-state index in [1.807, 2.05) is 48.8 Å². The van der Waals surface area contributed by atoms with Crippen LogP contribution in [0.3, 0.4) is 0 Å². The van der Waals surface area contributed by atoms with E-state index >= 15 is 0 Å². The van der Waals surface area contributed by atoms with Gasteiger partial charge in [0.1, 0.15) is 5.75 Å². The number of rotatable bonds is 7. The van der Waals surface area contributed by atoms with E-state index in [2.05, 4.69) is 6.92 Å². The molecule has 0 heterocycles. The quantitative estimate of drug-likeness (QED) is 0.696. The molecule has 2 rings (SSSR count). The number of benzene rings is 2. The molecule has 2 nitrogen and oxygen atoms in total. The highest BCUT2D eigenvalue weighted by atomic mass is 16.5. The standard InChI is InChI=1S/C18H19O2/c1-2-3-7-12-20-17-11-10-16(14-19)18(13-17)15-8-5-4-6-9-15/h4-6,8-11,13H,2-3,7,12H2,1H3. The highest BCUT2D eigenvalue weighted by Gasteiger charge is 2.07. The lowest BCUT2D eigenvalue weighted by Crippen LogP contribution is -1.98. The maximum atomic E-state index is 11.0. The van der Waals surface area contributed by atoms with E-state index in [1.165, 1.54) is 12.8 Å². The third-order valence-corrected chi connectivity index (χ3v) is 3.20. The summed E-state index contributed by atoms with van der Waals surface area (Å²) >= 11 is 0. The molecule has 1 radical (unpaired) electrons. The van der Waals surface area contributed by atoms with Crippen LogP contribution in [0.1, 0.15) is 31.7 Å². The van der Waals surface area contributed by atoms with Crippen molar-refractivity contribution in [2.45, 2.75) is 26.2 Å². The molecule has 0 aromatic heterocycles. The van der Waals surface area contributed by atoms with Gasteiger partial charge in [-0.3, -0.25) is 4.79 Å². The zero-order chi connectivity index (χ0) is 14.2. The van der Waals surface area contributed by atoms with Crippen LogP contribution >= 0.6 is 0 Å². The summed E-state index contributed by atoms with van der Waals surface area (Å²) < 4.78 is 5.74. The molecule has 2 heteroatoms. The molecule has 0 aliphatic rings. The van der Waals surface area contributed by atoms with Gasteiger partial charge in [-0.1, -0.05) is 50.1 Å². The predicted octanol–water partition coefficient (Wildman–Crippen LogP) is 4.38. The zero-order valence-corrected chi connectivity index (χ0v) is 11.8.